The molecule has 0 spiro atoms. The molecule has 0 atom stereocenters. The molecule has 0 aromatic heterocycles. The van der Waals surface area contributed by atoms with Crippen molar-refractivity contribution in [3.63, 3.8) is 0 Å². The fourth-order valence-electron chi connectivity index (χ4n) is 2.16. The highest BCUT2D eigenvalue weighted by atomic mass is 19.1. The van der Waals surface area contributed by atoms with E-state index in [1.54, 1.807) is 19.2 Å². The topological polar surface area (TPSA) is 56.7 Å². The Balaban J connectivity index is 1.89. The number of guanidine groups is 1. The highest BCUT2D eigenvalue weighted by Crippen LogP contribution is 2.10. The van der Waals surface area contributed by atoms with E-state index in [0.717, 1.165) is 5.56 Å². The summed E-state index contributed by atoms with van der Waals surface area (Å²) in [6.45, 7) is 2.92. The maximum absolute atomic E-state index is 13.4. The number of halogens is 1. The zero-order valence-electron chi connectivity index (χ0n) is 13.4. The van der Waals surface area contributed by atoms with Crippen molar-refractivity contribution in [3.8, 4) is 0 Å². The monoisotopic (exact) mass is 315 g/mol. The normalized spacial score (nSPS) is 11.4. The minimum Gasteiger partial charge on any atom is -0.392 e. The lowest BCUT2D eigenvalue weighted by molar-refractivity contribution is 0.275. The molecular formula is C18H22FN3O. The molecule has 0 aliphatic heterocycles. The second-order valence-electron chi connectivity index (χ2n) is 5.35. The van der Waals surface area contributed by atoms with Crippen molar-refractivity contribution in [2.75, 3.05) is 7.05 Å². The van der Waals surface area contributed by atoms with Crippen LogP contribution in [0.25, 0.3) is 0 Å². The molecule has 0 amide bonds. The predicted octanol–water partition coefficient (Wildman–Crippen LogP) is 2.49. The molecule has 122 valence electrons. The van der Waals surface area contributed by atoms with Crippen LogP contribution in [0.4, 0.5) is 4.39 Å². The minimum atomic E-state index is -0.391. The van der Waals surface area contributed by atoms with Crippen LogP contribution in [0.1, 0.15) is 22.3 Å². The lowest BCUT2D eigenvalue weighted by atomic mass is 10.1. The molecule has 0 bridgehead atoms. The quantitative estimate of drug-likeness (QED) is 0.587. The van der Waals surface area contributed by atoms with Gasteiger partial charge < -0.3 is 15.7 Å². The highest BCUT2D eigenvalue weighted by molar-refractivity contribution is 5.79. The number of hydrogen-bond donors (Lipinski definition) is 3. The van der Waals surface area contributed by atoms with Crippen molar-refractivity contribution in [2.45, 2.75) is 26.6 Å². The molecular weight excluding hydrogens is 293 g/mol. The van der Waals surface area contributed by atoms with E-state index in [2.05, 4.69) is 46.8 Å². The van der Waals surface area contributed by atoms with Crippen LogP contribution in [-0.2, 0) is 19.7 Å². The van der Waals surface area contributed by atoms with Gasteiger partial charge in [-0.2, -0.15) is 0 Å². The number of aliphatic hydroxyl groups is 1. The van der Waals surface area contributed by atoms with Crippen LogP contribution in [0.3, 0.4) is 0 Å². The molecule has 5 heteroatoms. The number of benzene rings is 2. The summed E-state index contributed by atoms with van der Waals surface area (Å²) in [6.07, 6.45) is 0. The number of aryl methyl sites for hydroxylation is 1. The fourth-order valence-corrected chi connectivity index (χ4v) is 2.16. The maximum atomic E-state index is 13.4. The Morgan fingerprint density at radius 2 is 1.65 bits per heavy atom. The number of nitrogens with zero attached hydrogens (tertiary/aromatic N) is 1. The largest absolute Gasteiger partial charge is 0.392 e. The number of aliphatic hydroxyl groups excluding tert-OH is 1. The van der Waals surface area contributed by atoms with Crippen molar-refractivity contribution in [1.29, 1.82) is 0 Å². The molecule has 3 N–H and O–H groups in total. The van der Waals surface area contributed by atoms with Gasteiger partial charge in [0, 0.05) is 25.7 Å². The number of rotatable bonds is 5. The molecule has 23 heavy (non-hydrogen) atoms. The Hall–Kier alpha value is -2.40. The summed E-state index contributed by atoms with van der Waals surface area (Å²) in [5.74, 6) is 0.276. The van der Waals surface area contributed by atoms with Crippen molar-refractivity contribution in [2.24, 2.45) is 4.99 Å². The van der Waals surface area contributed by atoms with Gasteiger partial charge in [0.25, 0.3) is 0 Å². The molecule has 0 fully saturated rings. The predicted molar refractivity (Wildman–Crippen MR) is 90.5 cm³/mol. The van der Waals surface area contributed by atoms with Crippen LogP contribution in [0.2, 0.25) is 0 Å². The van der Waals surface area contributed by atoms with Gasteiger partial charge in [-0.1, -0.05) is 35.9 Å². The van der Waals surface area contributed by atoms with E-state index >= 15 is 0 Å². The van der Waals surface area contributed by atoms with Crippen LogP contribution in [0.15, 0.2) is 47.5 Å². The highest BCUT2D eigenvalue weighted by Gasteiger charge is 2.04. The van der Waals surface area contributed by atoms with E-state index in [-0.39, 0.29) is 6.61 Å². The van der Waals surface area contributed by atoms with E-state index in [4.69, 9.17) is 5.11 Å². The van der Waals surface area contributed by atoms with Crippen LogP contribution in [0, 0.1) is 12.7 Å². The lowest BCUT2D eigenvalue weighted by Gasteiger charge is -2.13. The summed E-state index contributed by atoms with van der Waals surface area (Å²) in [6, 6.07) is 13.0. The molecule has 0 heterocycles. The third kappa shape index (κ3) is 5.07. The molecule has 4 nitrogen and oxygen atoms in total. The first kappa shape index (κ1) is 17.0. The number of aliphatic imine (C=N–C) groups is 1. The van der Waals surface area contributed by atoms with Gasteiger partial charge in [-0.05, 0) is 30.2 Å². The van der Waals surface area contributed by atoms with Crippen LogP contribution < -0.4 is 10.6 Å². The standard InChI is InChI=1S/C18H22FN3O/c1-13-3-5-14(6-4-13)10-21-18(20-2)22-11-15-7-8-17(19)16(9-15)12-23/h3-9,23H,10-12H2,1-2H3,(H2,20,21,22). The third-order valence-electron chi connectivity index (χ3n) is 3.54. The molecule has 2 aromatic rings. The molecule has 0 aliphatic carbocycles. The van der Waals surface area contributed by atoms with Gasteiger partial charge in [0.15, 0.2) is 5.96 Å². The van der Waals surface area contributed by atoms with Crippen molar-refractivity contribution < 1.29 is 9.50 Å². The fraction of sp³-hybridized carbons (Fsp3) is 0.278. The number of hydrogen-bond acceptors (Lipinski definition) is 2. The smallest absolute Gasteiger partial charge is 0.191 e. The van der Waals surface area contributed by atoms with Crippen LogP contribution in [0.5, 0.6) is 0 Å². The minimum absolute atomic E-state index is 0.298. The molecule has 2 aromatic carbocycles. The SMILES string of the molecule is CN=C(NCc1ccc(C)cc1)NCc1ccc(F)c(CO)c1. The first-order valence-corrected chi connectivity index (χ1v) is 7.50. The Bertz CT molecular complexity index is 668. The summed E-state index contributed by atoms with van der Waals surface area (Å²) < 4.78 is 13.4. The average Bonchev–Trinajstić information content (AvgIpc) is 2.57. The summed E-state index contributed by atoms with van der Waals surface area (Å²) >= 11 is 0. The molecule has 0 saturated carbocycles. The Kier molecular flexibility index (Phi) is 6.11. The van der Waals surface area contributed by atoms with Crippen LogP contribution in [-0.4, -0.2) is 18.1 Å². The molecule has 0 radical (unpaired) electrons. The molecule has 2 rings (SSSR count). The summed E-state index contributed by atoms with van der Waals surface area (Å²) in [5.41, 5.74) is 3.58. The Morgan fingerprint density at radius 1 is 1.04 bits per heavy atom. The van der Waals surface area contributed by atoms with Gasteiger partial charge in [-0.25, -0.2) is 4.39 Å². The van der Waals surface area contributed by atoms with E-state index in [1.165, 1.54) is 17.2 Å². The van der Waals surface area contributed by atoms with Gasteiger partial charge in [0.2, 0.25) is 0 Å². The number of nitrogens with one attached hydrogen (secondary N) is 2. The van der Waals surface area contributed by atoms with Gasteiger partial charge in [-0.15, -0.1) is 0 Å². The second kappa shape index (κ2) is 8.29. The van der Waals surface area contributed by atoms with E-state index in [1.807, 2.05) is 0 Å². The summed E-state index contributed by atoms with van der Waals surface area (Å²) in [5, 5.41) is 15.5. The third-order valence-corrected chi connectivity index (χ3v) is 3.54. The van der Waals surface area contributed by atoms with E-state index < -0.39 is 5.82 Å². The van der Waals surface area contributed by atoms with Gasteiger partial charge in [0.05, 0.1) is 6.61 Å². The van der Waals surface area contributed by atoms with Crippen LogP contribution >= 0.6 is 0 Å². The second-order valence-corrected chi connectivity index (χ2v) is 5.35. The molecule has 0 unspecified atom stereocenters. The van der Waals surface area contributed by atoms with Gasteiger partial charge in [-0.3, -0.25) is 4.99 Å². The van der Waals surface area contributed by atoms with Crippen molar-refractivity contribution in [3.05, 3.63) is 70.5 Å². The van der Waals surface area contributed by atoms with Gasteiger partial charge >= 0.3 is 0 Å². The first-order chi connectivity index (χ1) is 11.1. The maximum Gasteiger partial charge on any atom is 0.191 e. The summed E-state index contributed by atoms with van der Waals surface area (Å²) in [7, 11) is 1.70. The zero-order valence-corrected chi connectivity index (χ0v) is 13.4. The average molecular weight is 315 g/mol. The van der Waals surface area contributed by atoms with Crippen molar-refractivity contribution in [1.82, 2.24) is 10.6 Å². The van der Waals surface area contributed by atoms with E-state index in [0.29, 0.717) is 24.6 Å². The van der Waals surface area contributed by atoms with E-state index in [9.17, 15) is 4.39 Å². The summed E-state index contributed by atoms with van der Waals surface area (Å²) in [4.78, 5) is 4.17. The van der Waals surface area contributed by atoms with Crippen molar-refractivity contribution >= 4 is 5.96 Å². The molecule has 0 aliphatic rings. The van der Waals surface area contributed by atoms with Gasteiger partial charge in [0.1, 0.15) is 5.82 Å². The Labute approximate surface area is 136 Å². The lowest BCUT2D eigenvalue weighted by Crippen LogP contribution is -2.36. The zero-order chi connectivity index (χ0) is 16.7. The Morgan fingerprint density at radius 3 is 2.26 bits per heavy atom. The first-order valence-electron chi connectivity index (χ1n) is 7.50. The molecule has 0 saturated heterocycles.